The van der Waals surface area contributed by atoms with Crippen molar-refractivity contribution in [3.63, 3.8) is 0 Å². The van der Waals surface area contributed by atoms with Crippen molar-refractivity contribution in [1.29, 1.82) is 0 Å². The van der Waals surface area contributed by atoms with E-state index in [-0.39, 0.29) is 0 Å². The standard InChI is InChI=1S/C48H30O/c1-2-13-33(14-3-1)46-40-18-6-7-19-41(40)47(44-30-35(28-29-42(44)46)37-20-10-15-31-12-4-5-16-36(31)37)34-26-24-32(25-27-34)38-21-11-22-43-39-17-8-9-23-45(39)49-48(38)43/h1-30H. The topological polar surface area (TPSA) is 13.1 Å². The molecule has 0 aliphatic heterocycles. The Balaban J connectivity index is 1.23. The van der Waals surface area contributed by atoms with Gasteiger partial charge in [-0.1, -0.05) is 170 Å². The highest BCUT2D eigenvalue weighted by molar-refractivity contribution is 6.22. The van der Waals surface area contributed by atoms with Gasteiger partial charge in [0.15, 0.2) is 0 Å². The van der Waals surface area contributed by atoms with E-state index in [1.165, 1.54) is 65.7 Å². The van der Waals surface area contributed by atoms with Crippen LogP contribution in [0, 0.1) is 0 Å². The molecule has 1 aromatic heterocycles. The summed E-state index contributed by atoms with van der Waals surface area (Å²) in [6, 6.07) is 65.8. The highest BCUT2D eigenvalue weighted by Crippen LogP contribution is 2.46. The summed E-state index contributed by atoms with van der Waals surface area (Å²) >= 11 is 0. The first-order valence-electron chi connectivity index (χ1n) is 16.8. The van der Waals surface area contributed by atoms with Gasteiger partial charge in [-0.15, -0.1) is 0 Å². The summed E-state index contributed by atoms with van der Waals surface area (Å²) in [7, 11) is 0. The van der Waals surface area contributed by atoms with Crippen molar-refractivity contribution in [2.24, 2.45) is 0 Å². The van der Waals surface area contributed by atoms with Crippen LogP contribution in [0.5, 0.6) is 0 Å². The van der Waals surface area contributed by atoms with Crippen LogP contribution < -0.4 is 0 Å². The minimum Gasteiger partial charge on any atom is -0.455 e. The van der Waals surface area contributed by atoms with Gasteiger partial charge in [-0.2, -0.15) is 0 Å². The maximum atomic E-state index is 6.41. The minimum absolute atomic E-state index is 0.917. The molecule has 228 valence electrons. The molecule has 9 aromatic carbocycles. The van der Waals surface area contributed by atoms with Crippen LogP contribution >= 0.6 is 0 Å². The summed E-state index contributed by atoms with van der Waals surface area (Å²) in [5, 5.41) is 9.80. The highest BCUT2D eigenvalue weighted by atomic mass is 16.3. The summed E-state index contributed by atoms with van der Waals surface area (Å²) in [5.41, 5.74) is 11.5. The summed E-state index contributed by atoms with van der Waals surface area (Å²) in [4.78, 5) is 0. The lowest BCUT2D eigenvalue weighted by Crippen LogP contribution is -1.92. The Bertz CT molecular complexity index is 2850. The minimum atomic E-state index is 0.917. The van der Waals surface area contributed by atoms with E-state index in [4.69, 9.17) is 4.42 Å². The van der Waals surface area contributed by atoms with Crippen molar-refractivity contribution in [3.8, 4) is 44.5 Å². The Labute approximate surface area is 284 Å². The molecule has 0 aliphatic carbocycles. The van der Waals surface area contributed by atoms with E-state index in [0.29, 0.717) is 0 Å². The first-order valence-corrected chi connectivity index (χ1v) is 16.8. The van der Waals surface area contributed by atoms with Crippen molar-refractivity contribution < 1.29 is 4.42 Å². The van der Waals surface area contributed by atoms with E-state index in [0.717, 1.165) is 33.1 Å². The van der Waals surface area contributed by atoms with E-state index < -0.39 is 0 Å². The van der Waals surface area contributed by atoms with Crippen LogP contribution in [0.15, 0.2) is 186 Å². The van der Waals surface area contributed by atoms with Crippen LogP contribution in [0.1, 0.15) is 0 Å². The molecule has 0 aliphatic rings. The Morgan fingerprint density at radius 2 is 0.816 bits per heavy atom. The molecule has 0 saturated heterocycles. The number of benzene rings is 9. The van der Waals surface area contributed by atoms with Crippen LogP contribution in [0.3, 0.4) is 0 Å². The molecule has 1 heteroatoms. The molecule has 0 radical (unpaired) electrons. The van der Waals surface area contributed by atoms with Crippen molar-refractivity contribution in [3.05, 3.63) is 182 Å². The summed E-state index contributed by atoms with van der Waals surface area (Å²) in [6.07, 6.45) is 0. The molecule has 0 atom stereocenters. The molecule has 10 aromatic rings. The van der Waals surface area contributed by atoms with Crippen molar-refractivity contribution in [1.82, 2.24) is 0 Å². The molecule has 0 N–H and O–H groups in total. The monoisotopic (exact) mass is 622 g/mol. The van der Waals surface area contributed by atoms with E-state index >= 15 is 0 Å². The Kier molecular flexibility index (Phi) is 6.25. The normalized spacial score (nSPS) is 11.7. The predicted molar refractivity (Wildman–Crippen MR) is 208 cm³/mol. The molecule has 1 nitrogen and oxygen atoms in total. The molecule has 0 bridgehead atoms. The summed E-state index contributed by atoms with van der Waals surface area (Å²) in [5.74, 6) is 0. The van der Waals surface area contributed by atoms with E-state index in [1.54, 1.807) is 0 Å². The third-order valence-electron chi connectivity index (χ3n) is 10.1. The molecule has 0 saturated carbocycles. The lowest BCUT2D eigenvalue weighted by atomic mass is 9.84. The first-order chi connectivity index (χ1) is 24.3. The SMILES string of the molecule is c1ccc(-c2c3ccccc3c(-c3ccc(-c4cccc5c4oc4ccccc45)cc3)c3cc(-c4cccc5ccccc45)ccc23)cc1. The second-order valence-electron chi connectivity index (χ2n) is 12.8. The highest BCUT2D eigenvalue weighted by Gasteiger charge is 2.19. The fraction of sp³-hybridized carbons (Fsp3) is 0. The van der Waals surface area contributed by atoms with Crippen LogP contribution in [0.25, 0.3) is 98.8 Å². The molecular formula is C48H30O. The quantitative estimate of drug-likeness (QED) is 0.178. The van der Waals surface area contributed by atoms with E-state index in [9.17, 15) is 0 Å². The molecule has 49 heavy (non-hydrogen) atoms. The van der Waals surface area contributed by atoms with Gasteiger partial charge in [-0.05, 0) is 83.4 Å². The van der Waals surface area contributed by atoms with Gasteiger partial charge in [-0.3, -0.25) is 0 Å². The average Bonchev–Trinajstić information content (AvgIpc) is 3.56. The second-order valence-corrected chi connectivity index (χ2v) is 12.8. The van der Waals surface area contributed by atoms with Gasteiger partial charge in [0, 0.05) is 16.3 Å². The zero-order valence-electron chi connectivity index (χ0n) is 26.7. The number of fused-ring (bicyclic) bond motifs is 6. The fourth-order valence-corrected chi connectivity index (χ4v) is 7.84. The van der Waals surface area contributed by atoms with Crippen molar-refractivity contribution >= 4 is 54.3 Å². The fourth-order valence-electron chi connectivity index (χ4n) is 7.84. The van der Waals surface area contributed by atoms with Gasteiger partial charge in [0.2, 0.25) is 0 Å². The smallest absolute Gasteiger partial charge is 0.143 e. The van der Waals surface area contributed by atoms with Crippen LogP contribution in [0.4, 0.5) is 0 Å². The third-order valence-corrected chi connectivity index (χ3v) is 10.1. The third kappa shape index (κ3) is 4.40. The number of para-hydroxylation sites is 2. The molecule has 0 spiro atoms. The Morgan fingerprint density at radius 1 is 0.286 bits per heavy atom. The molecule has 0 amide bonds. The molecule has 0 unspecified atom stereocenters. The van der Waals surface area contributed by atoms with E-state index in [1.807, 2.05) is 12.1 Å². The van der Waals surface area contributed by atoms with E-state index in [2.05, 4.69) is 170 Å². The zero-order chi connectivity index (χ0) is 32.3. The molecule has 1 heterocycles. The average molecular weight is 623 g/mol. The maximum absolute atomic E-state index is 6.41. The molecular weight excluding hydrogens is 593 g/mol. The zero-order valence-corrected chi connectivity index (χ0v) is 26.7. The van der Waals surface area contributed by atoms with Crippen molar-refractivity contribution in [2.45, 2.75) is 0 Å². The van der Waals surface area contributed by atoms with Gasteiger partial charge in [0.25, 0.3) is 0 Å². The lowest BCUT2D eigenvalue weighted by Gasteiger charge is -2.19. The van der Waals surface area contributed by atoms with Crippen LogP contribution in [-0.2, 0) is 0 Å². The van der Waals surface area contributed by atoms with Crippen LogP contribution in [-0.4, -0.2) is 0 Å². The first kappa shape index (κ1) is 27.7. The second kappa shape index (κ2) is 11.1. The van der Waals surface area contributed by atoms with Gasteiger partial charge >= 0.3 is 0 Å². The van der Waals surface area contributed by atoms with Gasteiger partial charge in [-0.25, -0.2) is 0 Å². The number of furan rings is 1. The summed E-state index contributed by atoms with van der Waals surface area (Å²) in [6.45, 7) is 0. The lowest BCUT2D eigenvalue weighted by molar-refractivity contribution is 0.670. The van der Waals surface area contributed by atoms with Crippen molar-refractivity contribution in [2.75, 3.05) is 0 Å². The van der Waals surface area contributed by atoms with Crippen LogP contribution in [0.2, 0.25) is 0 Å². The molecule has 10 rings (SSSR count). The maximum Gasteiger partial charge on any atom is 0.143 e. The van der Waals surface area contributed by atoms with Gasteiger partial charge in [0.1, 0.15) is 11.2 Å². The Morgan fingerprint density at radius 3 is 1.63 bits per heavy atom. The van der Waals surface area contributed by atoms with Gasteiger partial charge < -0.3 is 4.42 Å². The predicted octanol–water partition coefficient (Wildman–Crippen LogP) is 13.7. The molecule has 0 fully saturated rings. The number of hydrogen-bond acceptors (Lipinski definition) is 1. The number of hydrogen-bond donors (Lipinski definition) is 0. The number of rotatable bonds is 4. The Hall–Kier alpha value is -6.44. The largest absolute Gasteiger partial charge is 0.455 e. The summed E-state index contributed by atoms with van der Waals surface area (Å²) < 4.78 is 6.41. The van der Waals surface area contributed by atoms with Gasteiger partial charge in [0.05, 0.1) is 0 Å².